The fourth-order valence-corrected chi connectivity index (χ4v) is 6.48. The van der Waals surface area contributed by atoms with Crippen LogP contribution >= 0.6 is 0 Å². The Balaban J connectivity index is 1.67. The molecule has 0 bridgehead atoms. The molecule has 0 saturated heterocycles. The molecular formula is C24H28FN3O3S. The van der Waals surface area contributed by atoms with E-state index < -0.39 is 25.9 Å². The summed E-state index contributed by atoms with van der Waals surface area (Å²) in [6, 6.07) is 7.76. The van der Waals surface area contributed by atoms with Gasteiger partial charge in [0, 0.05) is 18.2 Å². The maximum absolute atomic E-state index is 14.9. The Morgan fingerprint density at radius 3 is 2.53 bits per heavy atom. The van der Waals surface area contributed by atoms with Crippen molar-refractivity contribution < 1.29 is 17.6 Å². The van der Waals surface area contributed by atoms with Crippen LogP contribution < -0.4 is 5.73 Å². The highest BCUT2D eigenvalue weighted by molar-refractivity contribution is 7.93. The third kappa shape index (κ3) is 4.08. The Morgan fingerprint density at radius 1 is 1.22 bits per heavy atom. The maximum atomic E-state index is 14.9. The van der Waals surface area contributed by atoms with E-state index in [0.29, 0.717) is 23.6 Å². The summed E-state index contributed by atoms with van der Waals surface area (Å²) < 4.78 is 40.3. The highest BCUT2D eigenvalue weighted by Crippen LogP contribution is 2.45. The number of hydrogen-bond donors (Lipinski definition) is 1. The molecular weight excluding hydrogens is 429 g/mol. The number of hydrogen-bond acceptors (Lipinski definition) is 6. The van der Waals surface area contributed by atoms with Crippen molar-refractivity contribution in [1.29, 1.82) is 0 Å². The monoisotopic (exact) mass is 457 g/mol. The number of halogens is 1. The molecule has 1 aromatic heterocycles. The van der Waals surface area contributed by atoms with Crippen molar-refractivity contribution in [1.82, 2.24) is 4.98 Å². The van der Waals surface area contributed by atoms with Crippen molar-refractivity contribution in [3.05, 3.63) is 64.7 Å². The second-order valence-electron chi connectivity index (χ2n) is 9.54. The van der Waals surface area contributed by atoms with Gasteiger partial charge in [-0.25, -0.2) is 12.8 Å². The van der Waals surface area contributed by atoms with Crippen LogP contribution in [0.5, 0.6) is 0 Å². The first kappa shape index (κ1) is 22.6. The molecule has 170 valence electrons. The standard InChI is InChI=1S/C24H28FN3O3S/c1-15-4-9-20(27-13-15)21(29)11-17-7-8-19(25)18(10-17)23(2)14-32(30,31)24(3,22(26)28-23)12-16-5-6-16/h4,7-10,13,16H,5-6,11-12,14H2,1-3H3,(H2,26,28)/t23-,24-/m0/s1. The van der Waals surface area contributed by atoms with E-state index in [4.69, 9.17) is 5.73 Å². The van der Waals surface area contributed by atoms with Crippen LogP contribution in [0.1, 0.15) is 60.3 Å². The number of aryl methyl sites for hydroxylation is 1. The minimum absolute atomic E-state index is 0.0186. The van der Waals surface area contributed by atoms with Gasteiger partial charge in [-0.2, -0.15) is 0 Å². The third-order valence-corrected chi connectivity index (χ3v) is 9.31. The smallest absolute Gasteiger partial charge is 0.185 e. The van der Waals surface area contributed by atoms with Crippen molar-refractivity contribution in [3.63, 3.8) is 0 Å². The molecule has 2 aromatic rings. The first-order chi connectivity index (χ1) is 14.9. The summed E-state index contributed by atoms with van der Waals surface area (Å²) in [5.74, 6) is -0.742. The first-order valence-corrected chi connectivity index (χ1v) is 12.4. The lowest BCUT2D eigenvalue weighted by atomic mass is 9.90. The summed E-state index contributed by atoms with van der Waals surface area (Å²) in [6.07, 6.45) is 4.08. The predicted octanol–water partition coefficient (Wildman–Crippen LogP) is 3.51. The molecule has 2 aliphatic rings. The van der Waals surface area contributed by atoms with E-state index in [0.717, 1.165) is 18.4 Å². The van der Waals surface area contributed by atoms with Crippen LogP contribution in [0.25, 0.3) is 0 Å². The summed E-state index contributed by atoms with van der Waals surface area (Å²) >= 11 is 0. The Labute approximate surface area is 188 Å². The maximum Gasteiger partial charge on any atom is 0.185 e. The number of carbonyl (C=O) groups excluding carboxylic acids is 1. The SMILES string of the molecule is Cc1ccc(C(=O)Cc2ccc(F)c([C@]3(C)CS(=O)(=O)[C@@](C)(CC4CC4)C(N)=N3)c2)nc1. The molecule has 1 aliphatic carbocycles. The number of benzene rings is 1. The van der Waals surface area contributed by atoms with Gasteiger partial charge in [-0.05, 0) is 62.4 Å². The Bertz CT molecular complexity index is 1210. The molecule has 6 nitrogen and oxygen atoms in total. The lowest BCUT2D eigenvalue weighted by Crippen LogP contribution is -2.57. The molecule has 0 unspecified atom stereocenters. The number of aliphatic imine (C=N–C) groups is 1. The van der Waals surface area contributed by atoms with Crippen LogP contribution in [0.15, 0.2) is 41.5 Å². The summed E-state index contributed by atoms with van der Waals surface area (Å²) in [6.45, 7) is 5.09. The third-order valence-electron chi connectivity index (χ3n) is 6.61. The lowest BCUT2D eigenvalue weighted by molar-refractivity contribution is 0.0988. The van der Waals surface area contributed by atoms with Crippen LogP contribution in [-0.2, 0) is 21.8 Å². The molecule has 0 amide bonds. The zero-order valence-electron chi connectivity index (χ0n) is 18.6. The van der Waals surface area contributed by atoms with Crippen molar-refractivity contribution in [3.8, 4) is 0 Å². The van der Waals surface area contributed by atoms with E-state index in [9.17, 15) is 17.6 Å². The van der Waals surface area contributed by atoms with E-state index in [-0.39, 0.29) is 29.4 Å². The number of rotatable bonds is 6. The number of carbonyl (C=O) groups is 1. The molecule has 32 heavy (non-hydrogen) atoms. The number of pyridine rings is 1. The topological polar surface area (TPSA) is 102 Å². The minimum Gasteiger partial charge on any atom is -0.386 e. The van der Waals surface area contributed by atoms with Gasteiger partial charge in [0.1, 0.15) is 27.6 Å². The van der Waals surface area contributed by atoms with E-state index in [1.165, 1.54) is 18.2 Å². The van der Waals surface area contributed by atoms with Gasteiger partial charge in [-0.1, -0.05) is 25.0 Å². The Morgan fingerprint density at radius 2 is 1.94 bits per heavy atom. The zero-order chi connectivity index (χ0) is 23.3. The van der Waals surface area contributed by atoms with Gasteiger partial charge in [0.05, 0.1) is 5.75 Å². The van der Waals surface area contributed by atoms with Crippen LogP contribution in [-0.4, -0.2) is 35.5 Å². The largest absolute Gasteiger partial charge is 0.386 e. The van der Waals surface area contributed by atoms with E-state index in [1.807, 2.05) is 6.92 Å². The number of amidine groups is 1. The molecule has 1 fully saturated rings. The molecule has 2 heterocycles. The predicted molar refractivity (Wildman–Crippen MR) is 122 cm³/mol. The second-order valence-corrected chi connectivity index (χ2v) is 12.0. The van der Waals surface area contributed by atoms with Gasteiger partial charge in [-0.3, -0.25) is 14.8 Å². The van der Waals surface area contributed by atoms with Gasteiger partial charge < -0.3 is 5.73 Å². The summed E-state index contributed by atoms with van der Waals surface area (Å²) in [5.41, 5.74) is 6.81. The Hall–Kier alpha value is -2.61. The fourth-order valence-electron chi connectivity index (χ4n) is 4.35. The molecule has 2 N–H and O–H groups in total. The molecule has 1 aliphatic heterocycles. The average Bonchev–Trinajstić information content (AvgIpc) is 3.52. The second kappa shape index (κ2) is 7.76. The molecule has 1 saturated carbocycles. The minimum atomic E-state index is -3.68. The van der Waals surface area contributed by atoms with Crippen molar-refractivity contribution in [2.24, 2.45) is 16.6 Å². The molecule has 8 heteroatoms. The fraction of sp³-hybridized carbons (Fsp3) is 0.458. The van der Waals surface area contributed by atoms with Crippen molar-refractivity contribution in [2.45, 2.75) is 56.7 Å². The molecule has 0 radical (unpaired) electrons. The van der Waals surface area contributed by atoms with Crippen LogP contribution in [0, 0.1) is 18.7 Å². The summed E-state index contributed by atoms with van der Waals surface area (Å²) in [4.78, 5) is 21.3. The number of nitrogens with two attached hydrogens (primary N) is 1. The molecule has 2 atom stereocenters. The normalized spacial score (nSPS) is 27.1. The average molecular weight is 458 g/mol. The van der Waals surface area contributed by atoms with Gasteiger partial charge in [0.15, 0.2) is 15.6 Å². The van der Waals surface area contributed by atoms with Gasteiger partial charge in [0.25, 0.3) is 0 Å². The van der Waals surface area contributed by atoms with Crippen LogP contribution in [0.3, 0.4) is 0 Å². The van der Waals surface area contributed by atoms with E-state index >= 15 is 0 Å². The van der Waals surface area contributed by atoms with Crippen LogP contribution in [0.4, 0.5) is 4.39 Å². The molecule has 4 rings (SSSR count). The Kier molecular flexibility index (Phi) is 5.48. The van der Waals surface area contributed by atoms with Crippen LogP contribution in [0.2, 0.25) is 0 Å². The molecule has 0 spiro atoms. The number of aromatic nitrogens is 1. The van der Waals surface area contributed by atoms with E-state index in [1.54, 1.807) is 32.2 Å². The summed E-state index contributed by atoms with van der Waals surface area (Å²) in [7, 11) is -3.68. The highest BCUT2D eigenvalue weighted by Gasteiger charge is 2.53. The highest BCUT2D eigenvalue weighted by atomic mass is 32.2. The lowest BCUT2D eigenvalue weighted by Gasteiger charge is -2.40. The molecule has 1 aromatic carbocycles. The first-order valence-electron chi connectivity index (χ1n) is 10.8. The number of Topliss-reactive ketones (excluding diaryl/α,β-unsaturated/α-hetero) is 1. The van der Waals surface area contributed by atoms with E-state index in [2.05, 4.69) is 9.98 Å². The number of sulfone groups is 1. The summed E-state index contributed by atoms with van der Waals surface area (Å²) in [5, 5.41) is 0. The zero-order valence-corrected chi connectivity index (χ0v) is 19.4. The van der Waals surface area contributed by atoms with Crippen molar-refractivity contribution in [2.75, 3.05) is 5.75 Å². The number of ketones is 1. The van der Waals surface area contributed by atoms with Gasteiger partial charge in [-0.15, -0.1) is 0 Å². The quantitative estimate of drug-likeness (QED) is 0.669. The number of nitrogens with zero attached hydrogens (tertiary/aromatic N) is 2. The van der Waals surface area contributed by atoms with Gasteiger partial charge in [0.2, 0.25) is 0 Å². The van der Waals surface area contributed by atoms with Crippen molar-refractivity contribution >= 4 is 21.5 Å². The van der Waals surface area contributed by atoms with Gasteiger partial charge >= 0.3 is 0 Å².